The summed E-state index contributed by atoms with van der Waals surface area (Å²) in [6, 6.07) is 0. The molecule has 0 saturated heterocycles. The second-order valence-corrected chi connectivity index (χ2v) is 4.03. The van der Waals surface area contributed by atoms with Crippen molar-refractivity contribution in [3.05, 3.63) is 37.5 Å². The van der Waals surface area contributed by atoms with Gasteiger partial charge in [-0.1, -0.05) is 19.7 Å². The highest BCUT2D eigenvalue weighted by molar-refractivity contribution is 5.89. The summed E-state index contributed by atoms with van der Waals surface area (Å²) in [6.07, 6.45) is 1.83. The van der Waals surface area contributed by atoms with Crippen LogP contribution in [0, 0.1) is 5.41 Å². The number of aliphatic hydroxyl groups excluding tert-OH is 1. The van der Waals surface area contributed by atoms with Crippen molar-refractivity contribution in [1.82, 2.24) is 0 Å². The van der Waals surface area contributed by atoms with Gasteiger partial charge in [0.05, 0.1) is 19.1 Å². The fourth-order valence-electron chi connectivity index (χ4n) is 1.28. The van der Waals surface area contributed by atoms with Crippen molar-refractivity contribution in [2.45, 2.75) is 0 Å². The number of carbonyl (C=O) groups excluding carboxylic acids is 3. The summed E-state index contributed by atoms with van der Waals surface area (Å²) in [6.45, 7) is 8.42. The summed E-state index contributed by atoms with van der Waals surface area (Å²) in [5.41, 5.74) is -1.70. The average Bonchev–Trinajstić information content (AvgIpc) is 2.53. The van der Waals surface area contributed by atoms with Crippen molar-refractivity contribution in [1.29, 1.82) is 0 Å². The van der Waals surface area contributed by atoms with E-state index in [2.05, 4.69) is 24.5 Å². The highest BCUT2D eigenvalue weighted by Crippen LogP contribution is 2.28. The molecule has 0 unspecified atom stereocenters. The van der Waals surface area contributed by atoms with Crippen LogP contribution < -0.4 is 0 Å². The Kier molecular flexibility index (Phi) is 7.70. The van der Waals surface area contributed by atoms with E-state index >= 15 is 0 Å². The Balaban J connectivity index is 5.25. The minimum Gasteiger partial charge on any atom is -0.466 e. The minimum atomic E-state index is -1.51. The molecule has 0 spiro atoms. The van der Waals surface area contributed by atoms with Crippen LogP contribution in [0.5, 0.6) is 0 Å². The third-order valence-electron chi connectivity index (χ3n) is 2.69. The molecule has 116 valence electrons. The molecule has 0 bridgehead atoms. The second kappa shape index (κ2) is 8.70. The smallest absolute Gasteiger partial charge is 0.334 e. The van der Waals surface area contributed by atoms with Crippen molar-refractivity contribution in [3.63, 3.8) is 0 Å². The number of hydrogen-bond acceptors (Lipinski definition) is 7. The van der Waals surface area contributed by atoms with Gasteiger partial charge < -0.3 is 19.3 Å². The summed E-state index contributed by atoms with van der Waals surface area (Å²) in [5, 5.41) is 9.56. The summed E-state index contributed by atoms with van der Waals surface area (Å²) >= 11 is 0. The number of esters is 3. The van der Waals surface area contributed by atoms with Crippen LogP contribution in [0.25, 0.3) is 0 Å². The van der Waals surface area contributed by atoms with Gasteiger partial charge in [-0.25, -0.2) is 14.4 Å². The number of carbonyl (C=O) groups is 3. The van der Waals surface area contributed by atoms with E-state index in [1.54, 1.807) is 0 Å². The summed E-state index contributed by atoms with van der Waals surface area (Å²) in [5.74, 6) is -2.35. The third kappa shape index (κ3) is 5.23. The molecule has 0 aliphatic carbocycles. The van der Waals surface area contributed by atoms with Gasteiger partial charge >= 0.3 is 17.9 Å². The van der Waals surface area contributed by atoms with Gasteiger partial charge in [-0.05, 0) is 0 Å². The van der Waals surface area contributed by atoms with Crippen LogP contribution in [0.4, 0.5) is 0 Å². The Labute approximate surface area is 122 Å². The maximum absolute atomic E-state index is 11.6. The molecule has 0 aromatic rings. The molecule has 0 heterocycles. The number of rotatable bonds is 9. The fraction of sp³-hybridized carbons (Fsp3) is 0.357. The minimum absolute atomic E-state index is 0.193. The van der Waals surface area contributed by atoms with E-state index < -0.39 is 43.1 Å². The normalized spacial score (nSPS) is 10.2. The number of hydrogen-bond donors (Lipinski definition) is 1. The van der Waals surface area contributed by atoms with E-state index in [-0.39, 0.29) is 5.57 Å². The third-order valence-corrected chi connectivity index (χ3v) is 2.69. The first kappa shape index (κ1) is 18.6. The van der Waals surface area contributed by atoms with E-state index in [1.807, 2.05) is 0 Å². The van der Waals surface area contributed by atoms with Crippen molar-refractivity contribution < 1.29 is 33.7 Å². The molecule has 0 fully saturated rings. The number of ether oxygens (including phenoxy) is 3. The summed E-state index contributed by atoms with van der Waals surface area (Å²) in [7, 11) is 1.13. The highest BCUT2D eigenvalue weighted by Gasteiger charge is 2.40. The lowest BCUT2D eigenvalue weighted by molar-refractivity contribution is -0.152. The van der Waals surface area contributed by atoms with Crippen LogP contribution in [0.15, 0.2) is 37.5 Å². The Morgan fingerprint density at radius 3 is 1.81 bits per heavy atom. The molecule has 0 atom stereocenters. The molecule has 0 rings (SSSR count). The second-order valence-electron chi connectivity index (χ2n) is 4.03. The van der Waals surface area contributed by atoms with Gasteiger partial charge in [0.2, 0.25) is 0 Å². The molecule has 7 nitrogen and oxygen atoms in total. The van der Waals surface area contributed by atoms with E-state index in [4.69, 9.17) is 9.47 Å². The monoisotopic (exact) mass is 298 g/mol. The predicted molar refractivity (Wildman–Crippen MR) is 73.0 cm³/mol. The molecule has 0 amide bonds. The van der Waals surface area contributed by atoms with E-state index in [0.717, 1.165) is 19.3 Å². The number of aliphatic hydroxyl groups is 1. The fourth-order valence-corrected chi connectivity index (χ4v) is 1.28. The molecule has 0 aliphatic rings. The van der Waals surface area contributed by atoms with Crippen molar-refractivity contribution in [3.8, 4) is 0 Å². The molecule has 0 radical (unpaired) electrons. The quantitative estimate of drug-likeness (QED) is 0.367. The van der Waals surface area contributed by atoms with Gasteiger partial charge in [-0.3, -0.25) is 0 Å². The lowest BCUT2D eigenvalue weighted by Gasteiger charge is -2.31. The van der Waals surface area contributed by atoms with Crippen molar-refractivity contribution >= 4 is 17.9 Å². The van der Waals surface area contributed by atoms with Gasteiger partial charge in [-0.15, -0.1) is 0 Å². The summed E-state index contributed by atoms with van der Waals surface area (Å²) in [4.78, 5) is 33.9. The van der Waals surface area contributed by atoms with Crippen LogP contribution >= 0.6 is 0 Å². The lowest BCUT2D eigenvalue weighted by atomic mass is 9.83. The Hall–Kier alpha value is -2.41. The Bertz CT molecular complexity index is 426. The van der Waals surface area contributed by atoms with Gasteiger partial charge in [0.1, 0.15) is 13.2 Å². The maximum atomic E-state index is 11.6. The zero-order valence-electron chi connectivity index (χ0n) is 11.8. The number of methoxy groups -OCH3 is 1. The van der Waals surface area contributed by atoms with Gasteiger partial charge in [0.15, 0.2) is 0 Å². The molecular weight excluding hydrogens is 280 g/mol. The largest absolute Gasteiger partial charge is 0.466 e. The molecule has 0 aromatic carbocycles. The topological polar surface area (TPSA) is 99.1 Å². The molecule has 0 saturated carbocycles. The van der Waals surface area contributed by atoms with Crippen molar-refractivity contribution in [2.75, 3.05) is 26.9 Å². The molecule has 0 aliphatic heterocycles. The Morgan fingerprint density at radius 1 is 1.10 bits per heavy atom. The zero-order chi connectivity index (χ0) is 16.5. The average molecular weight is 298 g/mol. The molecule has 1 N–H and O–H groups in total. The van der Waals surface area contributed by atoms with Gasteiger partial charge in [0, 0.05) is 17.7 Å². The van der Waals surface area contributed by atoms with Crippen LogP contribution in [0.3, 0.4) is 0 Å². The SMILES string of the molecule is C=CC(=O)OCC(CO)(COC(=O)C=C)C(=C)C(=O)OC. The van der Waals surface area contributed by atoms with Crippen LogP contribution in [0.2, 0.25) is 0 Å². The van der Waals surface area contributed by atoms with Gasteiger partial charge in [0.25, 0.3) is 0 Å². The predicted octanol–water partition coefficient (Wildman–Crippen LogP) is 0.153. The standard InChI is InChI=1S/C14H18O7/c1-5-11(16)20-8-14(7-15,9-21-12(17)6-2)10(3)13(18)19-4/h5-6,15H,1-3,7-9H2,4H3. The highest BCUT2D eigenvalue weighted by atomic mass is 16.6. The molecule has 0 aromatic heterocycles. The van der Waals surface area contributed by atoms with E-state index in [9.17, 15) is 19.5 Å². The van der Waals surface area contributed by atoms with Gasteiger partial charge in [-0.2, -0.15) is 0 Å². The molecule has 7 heteroatoms. The maximum Gasteiger partial charge on any atom is 0.334 e. The molecule has 21 heavy (non-hydrogen) atoms. The first-order valence-electron chi connectivity index (χ1n) is 5.83. The summed E-state index contributed by atoms with van der Waals surface area (Å²) < 4.78 is 14.2. The zero-order valence-corrected chi connectivity index (χ0v) is 11.8. The van der Waals surface area contributed by atoms with Crippen LogP contribution in [0.1, 0.15) is 0 Å². The van der Waals surface area contributed by atoms with E-state index in [0.29, 0.717) is 0 Å². The Morgan fingerprint density at radius 2 is 1.52 bits per heavy atom. The van der Waals surface area contributed by atoms with Crippen LogP contribution in [-0.2, 0) is 28.6 Å². The molecular formula is C14H18O7. The van der Waals surface area contributed by atoms with E-state index in [1.165, 1.54) is 0 Å². The first-order valence-corrected chi connectivity index (χ1v) is 5.83. The van der Waals surface area contributed by atoms with Crippen LogP contribution in [-0.4, -0.2) is 49.9 Å². The first-order chi connectivity index (χ1) is 9.86. The lowest BCUT2D eigenvalue weighted by Crippen LogP contribution is -2.41. The van der Waals surface area contributed by atoms with Crippen molar-refractivity contribution in [2.24, 2.45) is 5.41 Å².